The Morgan fingerprint density at radius 3 is 2.32 bits per heavy atom. The molecule has 44 heavy (non-hydrogen) atoms. The molecule has 2 aliphatic carbocycles. The van der Waals surface area contributed by atoms with Gasteiger partial charge in [0.15, 0.2) is 24.3 Å². The van der Waals surface area contributed by atoms with E-state index >= 15 is 0 Å². The predicted octanol–water partition coefficient (Wildman–Crippen LogP) is -6.62. The smallest absolute Gasteiger partial charge is 0.186 e. The van der Waals surface area contributed by atoms with Gasteiger partial charge in [-0.2, -0.15) is 0 Å². The second-order valence-electron chi connectivity index (χ2n) is 12.3. The molecule has 0 aromatic carbocycles. The minimum Gasteiger partial charge on any atom is -0.395 e. The predicted molar refractivity (Wildman–Crippen MR) is 152 cm³/mol. The number of nitrogens with two attached hydrogens (primary N) is 5. The number of aliphatic hydroxyl groups excluding tert-OH is 5. The van der Waals surface area contributed by atoms with Crippen LogP contribution >= 0.6 is 0 Å². The number of guanidine groups is 1. The van der Waals surface area contributed by atoms with Gasteiger partial charge in [-0.25, -0.2) is 4.99 Å². The third-order valence-electron chi connectivity index (χ3n) is 8.94. The van der Waals surface area contributed by atoms with Gasteiger partial charge >= 0.3 is 0 Å². The SMILES string of the molecule is NC(N)=NC1CC1(O)C(=O)C[C@@H]1C[C@H](N)C(O[C@H]2O[C@H](CNCCO)CC[C@H]2N)[C@H](O)[C@H]1O[C@H]1O[C@H](CO)[C@@H](O)[C@H](N)[C@H]1O. The van der Waals surface area contributed by atoms with Crippen LogP contribution < -0.4 is 34.0 Å². The van der Waals surface area contributed by atoms with Crippen LogP contribution in [0.2, 0.25) is 0 Å². The van der Waals surface area contributed by atoms with E-state index < -0.39 is 97.3 Å². The summed E-state index contributed by atoms with van der Waals surface area (Å²) in [6, 6.07) is -3.43. The monoisotopic (exact) mass is 635 g/mol. The summed E-state index contributed by atoms with van der Waals surface area (Å²) in [5, 5.41) is 65.2. The molecule has 2 heterocycles. The highest BCUT2D eigenvalue weighted by Gasteiger charge is 2.60. The number of carbonyl (C=O) groups excluding carboxylic acids is 1. The Bertz CT molecular complexity index is 994. The van der Waals surface area contributed by atoms with E-state index in [4.69, 9.17) is 52.7 Å². The number of Topliss-reactive ketones (excluding diaryl/α,β-unsaturated/α-hetero) is 1. The van der Waals surface area contributed by atoms with Crippen molar-refractivity contribution in [2.45, 2.75) is 117 Å². The number of aliphatic imine (C=N–C) groups is 1. The highest BCUT2D eigenvalue weighted by molar-refractivity contribution is 5.92. The summed E-state index contributed by atoms with van der Waals surface area (Å²) in [6.45, 7) is 0.172. The summed E-state index contributed by atoms with van der Waals surface area (Å²) in [5.74, 6) is -1.67. The van der Waals surface area contributed by atoms with Crippen molar-refractivity contribution in [1.29, 1.82) is 0 Å². The molecule has 254 valence electrons. The summed E-state index contributed by atoms with van der Waals surface area (Å²) in [7, 11) is 0. The first-order valence-electron chi connectivity index (χ1n) is 15.0. The highest BCUT2D eigenvalue weighted by atomic mass is 16.7. The van der Waals surface area contributed by atoms with Crippen LogP contribution in [-0.2, 0) is 23.7 Å². The lowest BCUT2D eigenvalue weighted by Crippen LogP contribution is -2.66. The van der Waals surface area contributed by atoms with Crippen LogP contribution in [0.25, 0.3) is 0 Å². The molecular formula is C26H49N7O11. The molecule has 0 amide bonds. The number of aliphatic hydroxyl groups is 6. The van der Waals surface area contributed by atoms with Crippen LogP contribution in [0.3, 0.4) is 0 Å². The fraction of sp³-hybridized carbons (Fsp3) is 0.923. The van der Waals surface area contributed by atoms with Gasteiger partial charge in [0.1, 0.15) is 36.1 Å². The lowest BCUT2D eigenvalue weighted by atomic mass is 9.76. The van der Waals surface area contributed by atoms with E-state index in [0.29, 0.717) is 25.9 Å². The van der Waals surface area contributed by atoms with Gasteiger partial charge in [-0.15, -0.1) is 0 Å². The summed E-state index contributed by atoms with van der Waals surface area (Å²) >= 11 is 0. The maximum Gasteiger partial charge on any atom is 0.186 e. The minimum atomic E-state index is -1.80. The molecule has 4 aliphatic rings. The zero-order valence-corrected chi connectivity index (χ0v) is 24.5. The van der Waals surface area contributed by atoms with Crippen LogP contribution in [0.5, 0.6) is 0 Å². The molecule has 18 heteroatoms. The van der Waals surface area contributed by atoms with Crippen molar-refractivity contribution < 1.29 is 54.4 Å². The first-order valence-corrected chi connectivity index (χ1v) is 15.0. The van der Waals surface area contributed by atoms with Crippen molar-refractivity contribution in [3.8, 4) is 0 Å². The number of hydrogen-bond acceptors (Lipinski definition) is 16. The Balaban J connectivity index is 1.52. The van der Waals surface area contributed by atoms with E-state index in [-0.39, 0.29) is 37.9 Å². The summed E-state index contributed by atoms with van der Waals surface area (Å²) in [5.41, 5.74) is 27.7. The Hall–Kier alpha value is -1.62. The molecule has 15 atom stereocenters. The van der Waals surface area contributed by atoms with Crippen molar-refractivity contribution >= 4 is 11.7 Å². The Morgan fingerprint density at radius 2 is 1.66 bits per heavy atom. The van der Waals surface area contributed by atoms with E-state index in [1.165, 1.54) is 0 Å². The number of rotatable bonds is 13. The van der Waals surface area contributed by atoms with Gasteiger partial charge in [0.2, 0.25) is 0 Å². The molecular weight excluding hydrogens is 586 g/mol. The third-order valence-corrected chi connectivity index (χ3v) is 8.94. The van der Waals surface area contributed by atoms with Crippen molar-refractivity contribution in [2.75, 3.05) is 26.3 Å². The fourth-order valence-electron chi connectivity index (χ4n) is 6.23. The van der Waals surface area contributed by atoms with Gasteiger partial charge in [0, 0.05) is 32.0 Å². The van der Waals surface area contributed by atoms with Crippen LogP contribution in [0.15, 0.2) is 4.99 Å². The molecule has 18 nitrogen and oxygen atoms in total. The van der Waals surface area contributed by atoms with Crippen molar-refractivity contribution in [2.24, 2.45) is 39.6 Å². The quantitative estimate of drug-likeness (QED) is 0.0508. The van der Waals surface area contributed by atoms with Crippen LogP contribution in [0, 0.1) is 5.92 Å². The molecule has 0 spiro atoms. The molecule has 4 rings (SSSR count). The number of ketones is 1. The summed E-state index contributed by atoms with van der Waals surface area (Å²) < 4.78 is 23.8. The van der Waals surface area contributed by atoms with Gasteiger partial charge in [0.25, 0.3) is 0 Å². The Labute approximate surface area is 254 Å². The normalized spacial score (nSPS) is 45.9. The lowest BCUT2D eigenvalue weighted by molar-refractivity contribution is -0.318. The molecule has 0 radical (unpaired) electrons. The van der Waals surface area contributed by atoms with E-state index in [9.17, 15) is 30.3 Å². The Kier molecular flexibility index (Phi) is 11.9. The van der Waals surface area contributed by atoms with Gasteiger partial charge < -0.3 is 83.6 Å². The van der Waals surface area contributed by atoms with Gasteiger partial charge in [-0.1, -0.05) is 0 Å². The van der Waals surface area contributed by atoms with Crippen molar-refractivity contribution in [3.63, 3.8) is 0 Å². The summed E-state index contributed by atoms with van der Waals surface area (Å²) in [4.78, 5) is 17.1. The fourth-order valence-corrected chi connectivity index (χ4v) is 6.23. The highest BCUT2D eigenvalue weighted by Crippen LogP contribution is 2.43. The molecule has 0 aromatic heterocycles. The molecule has 17 N–H and O–H groups in total. The van der Waals surface area contributed by atoms with E-state index in [1.54, 1.807) is 0 Å². The number of nitrogens with zero attached hydrogens (tertiary/aromatic N) is 1. The van der Waals surface area contributed by atoms with Crippen LogP contribution in [-0.4, -0.2) is 154 Å². The van der Waals surface area contributed by atoms with Crippen LogP contribution in [0.1, 0.15) is 32.1 Å². The zero-order valence-electron chi connectivity index (χ0n) is 24.5. The van der Waals surface area contributed by atoms with E-state index in [1.807, 2.05) is 0 Å². The largest absolute Gasteiger partial charge is 0.395 e. The van der Waals surface area contributed by atoms with Gasteiger partial charge in [-0.3, -0.25) is 4.79 Å². The molecule has 3 unspecified atom stereocenters. The maximum atomic E-state index is 13.2. The first kappa shape index (κ1) is 35.2. The van der Waals surface area contributed by atoms with Gasteiger partial charge in [0.05, 0.1) is 43.5 Å². The Morgan fingerprint density at radius 1 is 0.955 bits per heavy atom. The van der Waals surface area contributed by atoms with Crippen molar-refractivity contribution in [1.82, 2.24) is 5.32 Å². The zero-order chi connectivity index (χ0) is 32.3. The molecule has 0 aromatic rings. The number of hydrogen-bond donors (Lipinski definition) is 12. The second kappa shape index (κ2) is 14.9. The molecule has 2 saturated heterocycles. The number of carbonyl (C=O) groups is 1. The third kappa shape index (κ3) is 7.84. The lowest BCUT2D eigenvalue weighted by Gasteiger charge is -2.48. The number of ether oxygens (including phenoxy) is 4. The topological polar surface area (TPSA) is 330 Å². The standard InChI is InChI=1S/C26H49N7O11/c27-12-2-1-11(8-32-3-4-34)41-23(12)44-22-13(28)5-10(6-16(36)26(40)7-15(26)33-25(30)31)21(20(22)39)43-24-19(38)17(29)18(37)14(9-35)42-24/h10-15,17-24,32,34-35,37-40H,1-9,27-29H2,(H4,30,31,33)/t10-,11-,12+,13-,14+,15?,17-,18+,19+,20+,21-,22?,23+,24+,26?/m0/s1. The van der Waals surface area contributed by atoms with E-state index in [2.05, 4.69) is 10.3 Å². The molecule has 4 fully saturated rings. The number of nitrogens with one attached hydrogen (secondary N) is 1. The average Bonchev–Trinajstić information content (AvgIpc) is 3.63. The molecule has 0 bridgehead atoms. The maximum absolute atomic E-state index is 13.2. The summed E-state index contributed by atoms with van der Waals surface area (Å²) in [6.07, 6.45) is -9.72. The molecule has 2 saturated carbocycles. The van der Waals surface area contributed by atoms with Crippen LogP contribution in [0.4, 0.5) is 0 Å². The second-order valence-corrected chi connectivity index (χ2v) is 12.3. The minimum absolute atomic E-state index is 0.0168. The molecule has 2 aliphatic heterocycles. The first-order chi connectivity index (χ1) is 20.8. The van der Waals surface area contributed by atoms with E-state index in [0.717, 1.165) is 0 Å². The average molecular weight is 636 g/mol. The van der Waals surface area contributed by atoms with Crippen molar-refractivity contribution in [3.05, 3.63) is 0 Å². The van der Waals surface area contributed by atoms with Gasteiger partial charge in [-0.05, 0) is 25.2 Å².